The van der Waals surface area contributed by atoms with E-state index >= 15 is 0 Å². The average Bonchev–Trinajstić information content (AvgIpc) is 3.51. The van der Waals surface area contributed by atoms with E-state index < -0.39 is 14.0 Å². The van der Waals surface area contributed by atoms with Gasteiger partial charge in [-0.15, -0.1) is 0 Å². The van der Waals surface area contributed by atoms with Crippen LogP contribution in [0.25, 0.3) is 22.4 Å². The van der Waals surface area contributed by atoms with Crippen LogP contribution in [-0.4, -0.2) is 82.7 Å². The molecule has 2 fully saturated rings. The zero-order chi connectivity index (χ0) is 26.9. The van der Waals surface area contributed by atoms with E-state index in [1.54, 1.807) is 10.7 Å². The molecule has 3 aromatic rings. The summed E-state index contributed by atoms with van der Waals surface area (Å²) in [5.74, 6) is -0.434. The Bertz CT molecular complexity index is 1280. The number of carbonyl (C=O) groups is 1. The summed E-state index contributed by atoms with van der Waals surface area (Å²) in [6, 6.07) is 4.61. The summed E-state index contributed by atoms with van der Waals surface area (Å²) in [6.45, 7) is 12.2. The molecule has 2 aliphatic rings. The van der Waals surface area contributed by atoms with E-state index in [1.165, 1.54) is 0 Å². The second-order valence-corrected chi connectivity index (χ2v) is 17.0. The molecule has 2 atom stereocenters. The fourth-order valence-electron chi connectivity index (χ4n) is 4.90. The molecule has 2 aliphatic heterocycles. The molecular formula is C26H38N6O5Si. The van der Waals surface area contributed by atoms with Crippen molar-refractivity contribution in [3.63, 3.8) is 0 Å². The molecule has 5 heterocycles. The predicted octanol–water partition coefficient (Wildman–Crippen LogP) is 4.23. The first-order valence-electron chi connectivity index (χ1n) is 13.5. The van der Waals surface area contributed by atoms with Gasteiger partial charge in [0.25, 0.3) is 0 Å². The van der Waals surface area contributed by atoms with Crippen molar-refractivity contribution in [1.82, 2.24) is 24.5 Å². The van der Waals surface area contributed by atoms with Crippen molar-refractivity contribution in [2.45, 2.75) is 70.9 Å². The van der Waals surface area contributed by atoms with Crippen molar-refractivity contribution in [2.24, 2.45) is 0 Å². The smallest absolute Gasteiger partial charge is 0.338 e. The summed E-state index contributed by atoms with van der Waals surface area (Å²) < 4.78 is 20.9. The predicted molar refractivity (Wildman–Crippen MR) is 146 cm³/mol. The highest BCUT2D eigenvalue weighted by Crippen LogP contribution is 2.33. The zero-order valence-electron chi connectivity index (χ0n) is 22.7. The largest absolute Gasteiger partial charge is 0.478 e. The van der Waals surface area contributed by atoms with Crippen LogP contribution in [0.5, 0.6) is 0 Å². The molecule has 1 unspecified atom stereocenters. The van der Waals surface area contributed by atoms with Gasteiger partial charge < -0.3 is 24.2 Å². The topological polar surface area (TPSA) is 117 Å². The Morgan fingerprint density at radius 3 is 2.79 bits per heavy atom. The Balaban J connectivity index is 1.58. The number of hydrogen-bond acceptors (Lipinski definition) is 8. The third kappa shape index (κ3) is 5.77. The van der Waals surface area contributed by atoms with E-state index in [9.17, 15) is 9.90 Å². The number of morpholine rings is 1. The molecule has 11 nitrogen and oxygen atoms in total. The van der Waals surface area contributed by atoms with Gasteiger partial charge in [0, 0.05) is 34.0 Å². The molecule has 0 aromatic carbocycles. The van der Waals surface area contributed by atoms with Gasteiger partial charge in [-0.2, -0.15) is 10.2 Å². The van der Waals surface area contributed by atoms with Crippen molar-refractivity contribution in [2.75, 3.05) is 37.9 Å². The van der Waals surface area contributed by atoms with Crippen LogP contribution in [0.4, 0.5) is 5.82 Å². The van der Waals surface area contributed by atoms with E-state index in [-0.39, 0.29) is 24.6 Å². The molecule has 0 spiro atoms. The van der Waals surface area contributed by atoms with Crippen LogP contribution >= 0.6 is 0 Å². The Morgan fingerprint density at radius 1 is 1.24 bits per heavy atom. The molecule has 2 saturated heterocycles. The maximum absolute atomic E-state index is 12.5. The number of rotatable bonds is 9. The highest BCUT2D eigenvalue weighted by Gasteiger charge is 2.28. The van der Waals surface area contributed by atoms with Crippen molar-refractivity contribution in [3.8, 4) is 11.4 Å². The highest BCUT2D eigenvalue weighted by molar-refractivity contribution is 6.76. The molecule has 206 valence electrons. The first-order valence-corrected chi connectivity index (χ1v) is 17.2. The molecule has 0 bridgehead atoms. The molecule has 3 aromatic heterocycles. The van der Waals surface area contributed by atoms with Crippen LogP contribution in [0.3, 0.4) is 0 Å². The lowest BCUT2D eigenvalue weighted by Crippen LogP contribution is -2.44. The maximum Gasteiger partial charge on any atom is 0.338 e. The fraction of sp³-hybridized carbons (Fsp3) is 0.615. The highest BCUT2D eigenvalue weighted by atomic mass is 28.3. The number of hydrogen-bond donors (Lipinski definition) is 1. The molecular weight excluding hydrogens is 504 g/mol. The second-order valence-electron chi connectivity index (χ2n) is 11.3. The molecule has 0 saturated carbocycles. The van der Waals surface area contributed by atoms with Crippen LogP contribution in [0.1, 0.15) is 42.8 Å². The lowest BCUT2D eigenvalue weighted by molar-refractivity contribution is -0.0393. The lowest BCUT2D eigenvalue weighted by atomic mass is 10.1. The third-order valence-electron chi connectivity index (χ3n) is 7.09. The Labute approximate surface area is 223 Å². The van der Waals surface area contributed by atoms with Gasteiger partial charge in [0.2, 0.25) is 0 Å². The molecule has 0 amide bonds. The summed E-state index contributed by atoms with van der Waals surface area (Å²) >= 11 is 0. The first-order chi connectivity index (χ1) is 18.2. The summed E-state index contributed by atoms with van der Waals surface area (Å²) in [5.41, 5.74) is 2.25. The standard InChI is InChI=1S/C26H38N6O5Si/c1-18-16-35-12-10-30(18)21-15-19(26(33)34)25-24(27-21)23(29-32(25)17-36-13-14-38(2,3)4)20-8-9-31(28-20)22-7-5-6-11-37-22/h8-9,15,18,22H,5-7,10-14,16-17H2,1-4H3,(H,33,34)/t18-,22?/m1/s1. The van der Waals surface area contributed by atoms with Crippen LogP contribution in [0.2, 0.25) is 25.7 Å². The Kier molecular flexibility index (Phi) is 7.84. The molecule has 12 heteroatoms. The summed E-state index contributed by atoms with van der Waals surface area (Å²) in [4.78, 5) is 19.6. The minimum absolute atomic E-state index is 0.0707. The number of carboxylic acids is 1. The number of pyridine rings is 1. The van der Waals surface area contributed by atoms with Crippen LogP contribution in [0.15, 0.2) is 18.3 Å². The molecule has 38 heavy (non-hydrogen) atoms. The van der Waals surface area contributed by atoms with Crippen molar-refractivity contribution >= 4 is 30.9 Å². The number of carboxylic acid groups (broad SMARTS) is 1. The minimum atomic E-state index is -1.27. The van der Waals surface area contributed by atoms with Gasteiger partial charge in [-0.25, -0.2) is 19.1 Å². The third-order valence-corrected chi connectivity index (χ3v) is 8.79. The van der Waals surface area contributed by atoms with E-state index in [0.717, 1.165) is 31.9 Å². The summed E-state index contributed by atoms with van der Waals surface area (Å²) in [6.07, 6.45) is 4.84. The van der Waals surface area contributed by atoms with Crippen molar-refractivity contribution < 1.29 is 24.1 Å². The Morgan fingerprint density at radius 2 is 2.08 bits per heavy atom. The summed E-state index contributed by atoms with van der Waals surface area (Å²) in [7, 11) is -1.27. The van der Waals surface area contributed by atoms with Gasteiger partial charge in [-0.05, 0) is 44.4 Å². The van der Waals surface area contributed by atoms with E-state index in [1.807, 2.05) is 23.9 Å². The minimum Gasteiger partial charge on any atom is -0.478 e. The zero-order valence-corrected chi connectivity index (χ0v) is 23.7. The summed E-state index contributed by atoms with van der Waals surface area (Å²) in [5, 5.41) is 19.9. The first kappa shape index (κ1) is 26.8. The van der Waals surface area contributed by atoms with E-state index in [2.05, 4.69) is 24.5 Å². The van der Waals surface area contributed by atoms with Crippen LogP contribution in [-0.2, 0) is 20.9 Å². The van der Waals surface area contributed by atoms with Gasteiger partial charge in [-0.3, -0.25) is 0 Å². The van der Waals surface area contributed by atoms with Crippen LogP contribution < -0.4 is 4.90 Å². The van der Waals surface area contributed by atoms with E-state index in [0.29, 0.717) is 54.6 Å². The normalized spacial score (nSPS) is 20.8. The van der Waals surface area contributed by atoms with Gasteiger partial charge in [0.05, 0.1) is 24.8 Å². The molecule has 1 N–H and O–H groups in total. The number of nitrogens with zero attached hydrogens (tertiary/aromatic N) is 6. The molecule has 0 aliphatic carbocycles. The van der Waals surface area contributed by atoms with Crippen molar-refractivity contribution in [3.05, 3.63) is 23.9 Å². The van der Waals surface area contributed by atoms with Gasteiger partial charge in [-0.1, -0.05) is 19.6 Å². The maximum atomic E-state index is 12.5. The van der Waals surface area contributed by atoms with Gasteiger partial charge >= 0.3 is 5.97 Å². The average molecular weight is 543 g/mol. The van der Waals surface area contributed by atoms with Crippen molar-refractivity contribution in [1.29, 1.82) is 0 Å². The SMILES string of the molecule is C[C@@H]1COCCN1c1cc(C(=O)O)c2c(n1)c(-c1ccn(C3CCCCO3)n1)nn2COCC[Si](C)(C)C. The number of anilines is 1. The quantitative estimate of drug-likeness (QED) is 0.313. The lowest BCUT2D eigenvalue weighted by Gasteiger charge is -2.34. The Hall–Kier alpha value is -2.80. The number of fused-ring (bicyclic) bond motifs is 1. The molecule has 5 rings (SSSR count). The van der Waals surface area contributed by atoms with E-state index in [4.69, 9.17) is 29.4 Å². The number of aromatic carboxylic acids is 1. The molecule has 0 radical (unpaired) electrons. The second kappa shape index (κ2) is 11.1. The fourth-order valence-corrected chi connectivity index (χ4v) is 5.66. The van der Waals surface area contributed by atoms with Gasteiger partial charge in [0.15, 0.2) is 0 Å². The number of ether oxygens (including phenoxy) is 3. The van der Waals surface area contributed by atoms with Crippen LogP contribution in [0, 0.1) is 0 Å². The monoisotopic (exact) mass is 542 g/mol. The number of aromatic nitrogens is 5. The van der Waals surface area contributed by atoms with Gasteiger partial charge in [0.1, 0.15) is 41.2 Å².